The summed E-state index contributed by atoms with van der Waals surface area (Å²) in [4.78, 5) is 11.7. The first kappa shape index (κ1) is 12.2. The molecule has 0 unspecified atom stereocenters. The minimum atomic E-state index is -0.334. The minimum absolute atomic E-state index is 0.334. The van der Waals surface area contributed by atoms with E-state index in [1.807, 2.05) is 13.2 Å². The van der Waals surface area contributed by atoms with Crippen LogP contribution in [0.5, 0.6) is 0 Å². The number of aromatic nitrogens is 2. The van der Waals surface area contributed by atoms with Crippen LogP contribution in [0.25, 0.3) is 0 Å². The molecule has 0 aliphatic carbocycles. The molecule has 5 nitrogen and oxygen atoms in total. The van der Waals surface area contributed by atoms with E-state index in [-0.39, 0.29) is 5.97 Å². The Labute approximate surface area is 105 Å². The summed E-state index contributed by atoms with van der Waals surface area (Å²) in [5.74, 6) is -0.334. The molecule has 0 saturated heterocycles. The smallest absolute Gasteiger partial charge is 0.338 e. The van der Waals surface area contributed by atoms with Crippen molar-refractivity contribution in [2.45, 2.75) is 6.42 Å². The SMILES string of the molecule is Cn1cc(CCOC(=O)c2ccc(N)cc2)cn1. The molecule has 0 aliphatic rings. The maximum atomic E-state index is 11.7. The number of aryl methyl sites for hydroxylation is 1. The Morgan fingerprint density at radius 3 is 2.72 bits per heavy atom. The number of benzene rings is 1. The first-order chi connectivity index (χ1) is 8.65. The van der Waals surface area contributed by atoms with Gasteiger partial charge in [-0.1, -0.05) is 0 Å². The van der Waals surface area contributed by atoms with Crippen LogP contribution >= 0.6 is 0 Å². The number of carbonyl (C=O) groups is 1. The van der Waals surface area contributed by atoms with Crippen LogP contribution < -0.4 is 5.73 Å². The number of ether oxygens (including phenoxy) is 1. The van der Waals surface area contributed by atoms with Crippen LogP contribution in [0.15, 0.2) is 36.7 Å². The standard InChI is InChI=1S/C13H15N3O2/c1-16-9-10(8-15-16)6-7-18-13(17)11-2-4-12(14)5-3-11/h2-5,8-9H,6-7,14H2,1H3. The highest BCUT2D eigenvalue weighted by molar-refractivity contribution is 5.89. The van der Waals surface area contributed by atoms with Crippen molar-refractivity contribution in [3.05, 3.63) is 47.8 Å². The topological polar surface area (TPSA) is 70.1 Å². The molecule has 0 amide bonds. The summed E-state index contributed by atoms with van der Waals surface area (Å²) in [5.41, 5.74) is 7.72. The van der Waals surface area contributed by atoms with Gasteiger partial charge in [0.2, 0.25) is 0 Å². The molecule has 0 fully saturated rings. The molecule has 1 aromatic carbocycles. The lowest BCUT2D eigenvalue weighted by Crippen LogP contribution is -2.08. The second-order valence-electron chi connectivity index (χ2n) is 4.03. The number of rotatable bonds is 4. The number of esters is 1. The summed E-state index contributed by atoms with van der Waals surface area (Å²) >= 11 is 0. The molecule has 18 heavy (non-hydrogen) atoms. The van der Waals surface area contributed by atoms with Gasteiger partial charge in [0.25, 0.3) is 0 Å². The third kappa shape index (κ3) is 3.10. The number of nitrogens with zero attached hydrogens (tertiary/aromatic N) is 2. The summed E-state index contributed by atoms with van der Waals surface area (Å²) in [6.45, 7) is 0.342. The van der Waals surface area contributed by atoms with Crippen LogP contribution in [0, 0.1) is 0 Å². The lowest BCUT2D eigenvalue weighted by Gasteiger charge is -2.04. The molecule has 5 heteroatoms. The van der Waals surface area contributed by atoms with E-state index >= 15 is 0 Å². The van der Waals surface area contributed by atoms with Crippen molar-refractivity contribution in [3.8, 4) is 0 Å². The lowest BCUT2D eigenvalue weighted by molar-refractivity contribution is 0.0509. The van der Waals surface area contributed by atoms with Crippen molar-refractivity contribution in [1.82, 2.24) is 9.78 Å². The predicted octanol–water partition coefficient (Wildman–Crippen LogP) is 1.40. The average Bonchev–Trinajstić information content (AvgIpc) is 2.76. The third-order valence-corrected chi connectivity index (χ3v) is 2.53. The van der Waals surface area contributed by atoms with E-state index in [9.17, 15) is 4.79 Å². The fourth-order valence-electron chi connectivity index (χ4n) is 1.57. The lowest BCUT2D eigenvalue weighted by atomic mass is 10.2. The first-order valence-corrected chi connectivity index (χ1v) is 5.65. The summed E-state index contributed by atoms with van der Waals surface area (Å²) in [6.07, 6.45) is 4.32. The normalized spacial score (nSPS) is 10.3. The van der Waals surface area contributed by atoms with Gasteiger partial charge < -0.3 is 10.5 Å². The van der Waals surface area contributed by atoms with Gasteiger partial charge in [0.15, 0.2) is 0 Å². The molecule has 0 radical (unpaired) electrons. The van der Waals surface area contributed by atoms with Crippen molar-refractivity contribution >= 4 is 11.7 Å². The Balaban J connectivity index is 1.83. The van der Waals surface area contributed by atoms with Crippen molar-refractivity contribution in [2.24, 2.45) is 7.05 Å². The van der Waals surface area contributed by atoms with Crippen LogP contribution in [-0.2, 0) is 18.2 Å². The fourth-order valence-corrected chi connectivity index (χ4v) is 1.57. The van der Waals surface area contributed by atoms with Crippen molar-refractivity contribution < 1.29 is 9.53 Å². The zero-order chi connectivity index (χ0) is 13.0. The van der Waals surface area contributed by atoms with Gasteiger partial charge in [0.1, 0.15) is 0 Å². The van der Waals surface area contributed by atoms with Crippen LogP contribution in [0.4, 0.5) is 5.69 Å². The van der Waals surface area contributed by atoms with Crippen LogP contribution in [0.1, 0.15) is 15.9 Å². The highest BCUT2D eigenvalue weighted by Crippen LogP contribution is 2.07. The molecule has 2 N–H and O–H groups in total. The highest BCUT2D eigenvalue weighted by atomic mass is 16.5. The van der Waals surface area contributed by atoms with Crippen molar-refractivity contribution in [1.29, 1.82) is 0 Å². The van der Waals surface area contributed by atoms with Crippen molar-refractivity contribution in [2.75, 3.05) is 12.3 Å². The molecule has 1 heterocycles. The number of hydrogen-bond acceptors (Lipinski definition) is 4. The molecule has 0 atom stereocenters. The minimum Gasteiger partial charge on any atom is -0.462 e. The van der Waals surface area contributed by atoms with Gasteiger partial charge in [0, 0.05) is 25.4 Å². The van der Waals surface area contributed by atoms with Crippen molar-refractivity contribution in [3.63, 3.8) is 0 Å². The predicted molar refractivity (Wildman–Crippen MR) is 68.0 cm³/mol. The van der Waals surface area contributed by atoms with Gasteiger partial charge in [-0.3, -0.25) is 4.68 Å². The summed E-state index contributed by atoms with van der Waals surface area (Å²) in [7, 11) is 1.85. The summed E-state index contributed by atoms with van der Waals surface area (Å²) < 4.78 is 6.88. The molecule has 0 spiro atoms. The number of hydrogen-bond donors (Lipinski definition) is 1. The molecule has 0 saturated carbocycles. The van der Waals surface area contributed by atoms with E-state index in [2.05, 4.69) is 5.10 Å². The zero-order valence-corrected chi connectivity index (χ0v) is 10.2. The molecule has 2 aromatic rings. The van der Waals surface area contributed by atoms with Crippen LogP contribution in [-0.4, -0.2) is 22.4 Å². The number of nitrogens with two attached hydrogens (primary N) is 1. The fraction of sp³-hybridized carbons (Fsp3) is 0.231. The van der Waals surface area contributed by atoms with Gasteiger partial charge in [-0.2, -0.15) is 5.10 Å². The Hall–Kier alpha value is -2.30. The van der Waals surface area contributed by atoms with E-state index < -0.39 is 0 Å². The molecule has 1 aromatic heterocycles. The van der Waals surface area contributed by atoms with Crippen LogP contribution in [0.2, 0.25) is 0 Å². The molecule has 94 valence electrons. The van der Waals surface area contributed by atoms with Gasteiger partial charge in [-0.25, -0.2) is 4.79 Å². The maximum absolute atomic E-state index is 11.7. The van der Waals surface area contributed by atoms with Crippen LogP contribution in [0.3, 0.4) is 0 Å². The van der Waals surface area contributed by atoms with E-state index in [1.165, 1.54) is 0 Å². The summed E-state index contributed by atoms with van der Waals surface area (Å²) in [6, 6.07) is 6.67. The monoisotopic (exact) mass is 245 g/mol. The summed E-state index contributed by atoms with van der Waals surface area (Å²) in [5, 5.41) is 4.04. The zero-order valence-electron chi connectivity index (χ0n) is 10.2. The van der Waals surface area contributed by atoms with E-state index in [0.29, 0.717) is 24.3 Å². The quantitative estimate of drug-likeness (QED) is 0.653. The van der Waals surface area contributed by atoms with E-state index in [0.717, 1.165) is 5.56 Å². The number of carbonyl (C=O) groups excluding carboxylic acids is 1. The Morgan fingerprint density at radius 2 is 2.11 bits per heavy atom. The second-order valence-corrected chi connectivity index (χ2v) is 4.03. The number of anilines is 1. The molecule has 0 aliphatic heterocycles. The Morgan fingerprint density at radius 1 is 1.39 bits per heavy atom. The highest BCUT2D eigenvalue weighted by Gasteiger charge is 2.06. The maximum Gasteiger partial charge on any atom is 0.338 e. The number of nitrogen functional groups attached to an aromatic ring is 1. The Bertz CT molecular complexity index is 531. The van der Waals surface area contributed by atoms with E-state index in [4.69, 9.17) is 10.5 Å². The average molecular weight is 245 g/mol. The van der Waals surface area contributed by atoms with Gasteiger partial charge in [0.05, 0.1) is 18.4 Å². The third-order valence-electron chi connectivity index (χ3n) is 2.53. The molecule has 2 rings (SSSR count). The largest absolute Gasteiger partial charge is 0.462 e. The molecule has 0 bridgehead atoms. The first-order valence-electron chi connectivity index (χ1n) is 5.65. The second kappa shape index (κ2) is 5.35. The molecular weight excluding hydrogens is 230 g/mol. The van der Waals surface area contributed by atoms with Gasteiger partial charge in [-0.05, 0) is 29.8 Å². The van der Waals surface area contributed by atoms with E-state index in [1.54, 1.807) is 35.1 Å². The van der Waals surface area contributed by atoms with Gasteiger partial charge in [-0.15, -0.1) is 0 Å². The molecular formula is C13H15N3O2. The van der Waals surface area contributed by atoms with Gasteiger partial charge >= 0.3 is 5.97 Å². The Kier molecular flexibility index (Phi) is 3.62.